The predicted octanol–water partition coefficient (Wildman–Crippen LogP) is 3.80. The van der Waals surface area contributed by atoms with Crippen LogP contribution in [0.25, 0.3) is 0 Å². The van der Waals surface area contributed by atoms with Crippen LogP contribution in [0.2, 0.25) is 0 Å². The molecule has 1 atom stereocenters. The molecular formula is C23H18N4O2. The molecule has 2 amide bonds. The van der Waals surface area contributed by atoms with Crippen LogP contribution in [-0.4, -0.2) is 22.8 Å². The number of para-hydroxylation sites is 1. The molecule has 0 saturated carbocycles. The van der Waals surface area contributed by atoms with Crippen LogP contribution in [0.15, 0.2) is 66.9 Å². The molecule has 4 rings (SSSR count). The van der Waals surface area contributed by atoms with Crippen LogP contribution in [0.1, 0.15) is 38.9 Å². The van der Waals surface area contributed by atoms with Gasteiger partial charge in [-0.3, -0.25) is 14.6 Å². The molecule has 0 radical (unpaired) electrons. The standard InChI is InChI=1S/C23H18N4O2/c1-15-12-17-4-2-3-5-21(17)27(15)23(29)18-10-11-25-20(13-18)22(28)26-19-8-6-16(14-24)7-9-19/h2-11,13,15H,12H2,1H3,(H,26,28). The summed E-state index contributed by atoms with van der Waals surface area (Å²) in [6, 6.07) is 19.6. The van der Waals surface area contributed by atoms with Crippen molar-refractivity contribution in [1.29, 1.82) is 5.26 Å². The molecule has 0 aliphatic carbocycles. The van der Waals surface area contributed by atoms with E-state index in [0.29, 0.717) is 16.8 Å². The molecule has 1 aliphatic rings. The first kappa shape index (κ1) is 18.4. The molecule has 2 heterocycles. The first-order chi connectivity index (χ1) is 14.1. The Morgan fingerprint density at radius 1 is 1.14 bits per heavy atom. The summed E-state index contributed by atoms with van der Waals surface area (Å²) >= 11 is 0. The maximum Gasteiger partial charge on any atom is 0.274 e. The lowest BCUT2D eigenvalue weighted by Crippen LogP contribution is -2.35. The zero-order valence-corrected chi connectivity index (χ0v) is 15.8. The van der Waals surface area contributed by atoms with Crippen LogP contribution in [0.5, 0.6) is 0 Å². The van der Waals surface area contributed by atoms with E-state index in [1.165, 1.54) is 12.3 Å². The maximum atomic E-state index is 13.2. The summed E-state index contributed by atoms with van der Waals surface area (Å²) in [5.41, 5.74) is 3.67. The molecule has 29 heavy (non-hydrogen) atoms. The van der Waals surface area contributed by atoms with Crippen molar-refractivity contribution in [3.63, 3.8) is 0 Å². The lowest BCUT2D eigenvalue weighted by atomic mass is 10.1. The van der Waals surface area contributed by atoms with Crippen LogP contribution < -0.4 is 10.2 Å². The van der Waals surface area contributed by atoms with E-state index in [0.717, 1.165) is 17.7 Å². The van der Waals surface area contributed by atoms with Gasteiger partial charge in [-0.25, -0.2) is 0 Å². The van der Waals surface area contributed by atoms with Crippen molar-refractivity contribution < 1.29 is 9.59 Å². The maximum absolute atomic E-state index is 13.2. The number of aromatic nitrogens is 1. The van der Waals surface area contributed by atoms with Gasteiger partial charge in [0.15, 0.2) is 0 Å². The number of nitrogens with zero attached hydrogens (tertiary/aromatic N) is 3. The van der Waals surface area contributed by atoms with Gasteiger partial charge in [0.05, 0.1) is 11.6 Å². The van der Waals surface area contributed by atoms with E-state index in [1.807, 2.05) is 37.3 Å². The summed E-state index contributed by atoms with van der Waals surface area (Å²) in [7, 11) is 0. The van der Waals surface area contributed by atoms with Crippen LogP contribution in [-0.2, 0) is 6.42 Å². The van der Waals surface area contributed by atoms with E-state index in [4.69, 9.17) is 5.26 Å². The van der Waals surface area contributed by atoms with Crippen molar-refractivity contribution in [2.75, 3.05) is 10.2 Å². The van der Waals surface area contributed by atoms with Crippen LogP contribution >= 0.6 is 0 Å². The number of anilines is 2. The molecule has 6 nitrogen and oxygen atoms in total. The van der Waals surface area contributed by atoms with E-state index >= 15 is 0 Å². The normalized spacial score (nSPS) is 14.8. The SMILES string of the molecule is CC1Cc2ccccc2N1C(=O)c1ccnc(C(=O)Nc2ccc(C#N)cc2)c1. The van der Waals surface area contributed by atoms with E-state index in [2.05, 4.69) is 10.3 Å². The van der Waals surface area contributed by atoms with Crippen molar-refractivity contribution in [2.24, 2.45) is 0 Å². The highest BCUT2D eigenvalue weighted by molar-refractivity contribution is 6.10. The number of pyridine rings is 1. The van der Waals surface area contributed by atoms with Gasteiger partial charge in [-0.1, -0.05) is 18.2 Å². The van der Waals surface area contributed by atoms with E-state index in [1.54, 1.807) is 35.2 Å². The van der Waals surface area contributed by atoms with Gasteiger partial charge in [-0.05, 0) is 61.4 Å². The predicted molar refractivity (Wildman–Crippen MR) is 110 cm³/mol. The molecular weight excluding hydrogens is 364 g/mol. The van der Waals surface area contributed by atoms with Crippen molar-refractivity contribution in [1.82, 2.24) is 4.98 Å². The lowest BCUT2D eigenvalue weighted by Gasteiger charge is -2.23. The Morgan fingerprint density at radius 2 is 1.90 bits per heavy atom. The minimum absolute atomic E-state index is 0.0454. The number of fused-ring (bicyclic) bond motifs is 1. The summed E-state index contributed by atoms with van der Waals surface area (Å²) in [5, 5.41) is 11.6. The van der Waals surface area contributed by atoms with Crippen molar-refractivity contribution in [3.8, 4) is 6.07 Å². The molecule has 142 valence electrons. The van der Waals surface area contributed by atoms with Crippen molar-refractivity contribution >= 4 is 23.2 Å². The number of amides is 2. The summed E-state index contributed by atoms with van der Waals surface area (Å²) in [5.74, 6) is -0.573. The van der Waals surface area contributed by atoms with Gasteiger partial charge < -0.3 is 10.2 Å². The third-order valence-electron chi connectivity index (χ3n) is 4.94. The van der Waals surface area contributed by atoms with Gasteiger partial charge in [-0.15, -0.1) is 0 Å². The highest BCUT2D eigenvalue weighted by Crippen LogP contribution is 2.33. The fourth-order valence-electron chi connectivity index (χ4n) is 3.53. The first-order valence-corrected chi connectivity index (χ1v) is 9.26. The Bertz CT molecular complexity index is 1130. The number of carbonyl (C=O) groups is 2. The van der Waals surface area contributed by atoms with Gasteiger partial charge in [0.1, 0.15) is 5.69 Å². The fourth-order valence-corrected chi connectivity index (χ4v) is 3.53. The average molecular weight is 382 g/mol. The Morgan fingerprint density at radius 3 is 2.66 bits per heavy atom. The second-order valence-electron chi connectivity index (χ2n) is 6.93. The molecule has 1 N–H and O–H groups in total. The van der Waals surface area contributed by atoms with E-state index in [-0.39, 0.29) is 17.6 Å². The molecule has 1 aromatic heterocycles. The third kappa shape index (κ3) is 3.58. The van der Waals surface area contributed by atoms with E-state index in [9.17, 15) is 9.59 Å². The zero-order valence-electron chi connectivity index (χ0n) is 15.8. The first-order valence-electron chi connectivity index (χ1n) is 9.26. The van der Waals surface area contributed by atoms with Crippen molar-refractivity contribution in [2.45, 2.75) is 19.4 Å². The fraction of sp³-hybridized carbons (Fsp3) is 0.130. The van der Waals surface area contributed by atoms with Gasteiger partial charge in [0.25, 0.3) is 11.8 Å². The summed E-state index contributed by atoms with van der Waals surface area (Å²) in [4.78, 5) is 31.6. The van der Waals surface area contributed by atoms with Gasteiger partial charge in [0, 0.05) is 29.2 Å². The quantitative estimate of drug-likeness (QED) is 0.747. The molecule has 0 spiro atoms. The molecule has 0 saturated heterocycles. The van der Waals surface area contributed by atoms with Crippen LogP contribution in [0.4, 0.5) is 11.4 Å². The van der Waals surface area contributed by atoms with E-state index < -0.39 is 5.91 Å². The summed E-state index contributed by atoms with van der Waals surface area (Å²) in [6.07, 6.45) is 2.27. The highest BCUT2D eigenvalue weighted by Gasteiger charge is 2.31. The van der Waals surface area contributed by atoms with Gasteiger partial charge >= 0.3 is 0 Å². The Balaban J connectivity index is 1.56. The number of rotatable bonds is 3. The average Bonchev–Trinajstić information content (AvgIpc) is 3.09. The number of nitrogens with one attached hydrogen (secondary N) is 1. The second-order valence-corrected chi connectivity index (χ2v) is 6.93. The summed E-state index contributed by atoms with van der Waals surface area (Å²) < 4.78 is 0. The number of hydrogen-bond donors (Lipinski definition) is 1. The van der Waals surface area contributed by atoms with Gasteiger partial charge in [0.2, 0.25) is 0 Å². The molecule has 3 aromatic rings. The highest BCUT2D eigenvalue weighted by atomic mass is 16.2. The number of carbonyl (C=O) groups excluding carboxylic acids is 2. The Kier molecular flexibility index (Phi) is 4.80. The largest absolute Gasteiger partial charge is 0.321 e. The van der Waals surface area contributed by atoms with Crippen molar-refractivity contribution in [3.05, 3.63) is 89.2 Å². The zero-order chi connectivity index (χ0) is 20.4. The lowest BCUT2D eigenvalue weighted by molar-refractivity contribution is 0.0981. The molecule has 1 aliphatic heterocycles. The molecule has 2 aromatic carbocycles. The monoisotopic (exact) mass is 382 g/mol. The third-order valence-corrected chi connectivity index (χ3v) is 4.94. The topological polar surface area (TPSA) is 86.1 Å². The minimum atomic E-state index is -0.417. The number of benzene rings is 2. The smallest absolute Gasteiger partial charge is 0.274 e. The molecule has 6 heteroatoms. The molecule has 0 fully saturated rings. The number of nitriles is 1. The summed E-state index contributed by atoms with van der Waals surface area (Å²) in [6.45, 7) is 2.01. The Hall–Kier alpha value is -3.98. The molecule has 1 unspecified atom stereocenters. The molecule has 0 bridgehead atoms. The Labute approximate surface area is 168 Å². The van der Waals surface area contributed by atoms with Crippen LogP contribution in [0, 0.1) is 11.3 Å². The second kappa shape index (κ2) is 7.56. The van der Waals surface area contributed by atoms with Gasteiger partial charge in [-0.2, -0.15) is 5.26 Å². The van der Waals surface area contributed by atoms with Crippen LogP contribution in [0.3, 0.4) is 0 Å². The minimum Gasteiger partial charge on any atom is -0.321 e. The number of hydrogen-bond acceptors (Lipinski definition) is 4.